The lowest BCUT2D eigenvalue weighted by molar-refractivity contribution is -0.117. The predicted octanol–water partition coefficient (Wildman–Crippen LogP) is 4.01. The number of fused-ring (bicyclic) bond motifs is 1. The normalized spacial score (nSPS) is 15.9. The van der Waals surface area contributed by atoms with Gasteiger partial charge in [-0.2, -0.15) is 0 Å². The molecule has 0 aliphatic carbocycles. The second kappa shape index (κ2) is 8.15. The van der Waals surface area contributed by atoms with E-state index in [4.69, 9.17) is 25.8 Å². The largest absolute Gasteiger partial charge is 0.497 e. The number of methoxy groups -OCH3 is 2. The highest BCUT2D eigenvalue weighted by Gasteiger charge is 2.22. The van der Waals surface area contributed by atoms with Crippen molar-refractivity contribution in [2.75, 3.05) is 20.8 Å². The van der Waals surface area contributed by atoms with Crippen LogP contribution in [0.3, 0.4) is 0 Å². The van der Waals surface area contributed by atoms with E-state index >= 15 is 0 Å². The number of benzene rings is 2. The van der Waals surface area contributed by atoms with Gasteiger partial charge in [-0.05, 0) is 42.5 Å². The molecule has 3 rings (SSSR count). The van der Waals surface area contributed by atoms with Crippen molar-refractivity contribution in [1.82, 2.24) is 5.32 Å². The van der Waals surface area contributed by atoms with Crippen molar-refractivity contribution in [1.29, 1.82) is 0 Å². The Morgan fingerprint density at radius 3 is 2.85 bits per heavy atom. The van der Waals surface area contributed by atoms with E-state index in [1.807, 2.05) is 18.2 Å². The van der Waals surface area contributed by atoms with Crippen LogP contribution >= 0.6 is 11.6 Å². The summed E-state index contributed by atoms with van der Waals surface area (Å²) in [6, 6.07) is 10.7. The van der Waals surface area contributed by atoms with Crippen molar-refractivity contribution < 1.29 is 19.0 Å². The number of rotatable bonds is 5. The lowest BCUT2D eigenvalue weighted by Crippen LogP contribution is -2.31. The first-order chi connectivity index (χ1) is 12.6. The molecule has 1 N–H and O–H groups in total. The Bertz CT molecular complexity index is 835. The maximum atomic E-state index is 12.4. The fourth-order valence-corrected chi connectivity index (χ4v) is 3.05. The summed E-state index contributed by atoms with van der Waals surface area (Å²) in [4.78, 5) is 12.4. The molecule has 1 aliphatic rings. The van der Waals surface area contributed by atoms with Gasteiger partial charge in [0.2, 0.25) is 5.91 Å². The van der Waals surface area contributed by atoms with Crippen molar-refractivity contribution in [3.8, 4) is 17.2 Å². The van der Waals surface area contributed by atoms with Crippen LogP contribution in [0.4, 0.5) is 0 Å². The van der Waals surface area contributed by atoms with E-state index < -0.39 is 0 Å². The Balaban J connectivity index is 1.74. The van der Waals surface area contributed by atoms with Gasteiger partial charge < -0.3 is 19.5 Å². The van der Waals surface area contributed by atoms with E-state index in [9.17, 15) is 4.79 Å². The topological polar surface area (TPSA) is 56.8 Å². The Morgan fingerprint density at radius 2 is 2.08 bits per heavy atom. The summed E-state index contributed by atoms with van der Waals surface area (Å²) >= 11 is 6.07. The molecule has 1 atom stereocenters. The van der Waals surface area contributed by atoms with E-state index in [0.717, 1.165) is 16.9 Å². The first-order valence-electron chi connectivity index (χ1n) is 8.23. The average Bonchev–Trinajstić information content (AvgIpc) is 2.66. The van der Waals surface area contributed by atoms with Crippen molar-refractivity contribution in [3.63, 3.8) is 0 Å². The lowest BCUT2D eigenvalue weighted by Gasteiger charge is -2.26. The molecule has 0 saturated heterocycles. The van der Waals surface area contributed by atoms with Gasteiger partial charge in [-0.15, -0.1) is 0 Å². The van der Waals surface area contributed by atoms with Crippen LogP contribution in [0.15, 0.2) is 42.5 Å². The molecule has 2 aromatic rings. The number of carbonyl (C=O) groups is 1. The number of hydrogen-bond donors (Lipinski definition) is 1. The first kappa shape index (κ1) is 18.1. The van der Waals surface area contributed by atoms with Crippen LogP contribution in [0.2, 0.25) is 5.02 Å². The highest BCUT2D eigenvalue weighted by molar-refractivity contribution is 6.30. The molecule has 6 heteroatoms. The molecule has 5 nitrogen and oxygen atoms in total. The zero-order chi connectivity index (χ0) is 18.5. The summed E-state index contributed by atoms with van der Waals surface area (Å²) in [5.74, 6) is 1.91. The van der Waals surface area contributed by atoms with E-state index in [1.165, 1.54) is 6.08 Å². The van der Waals surface area contributed by atoms with Crippen molar-refractivity contribution >= 4 is 23.6 Å². The molecule has 0 radical (unpaired) electrons. The minimum atomic E-state index is -0.201. The zero-order valence-corrected chi connectivity index (χ0v) is 15.4. The smallest absolute Gasteiger partial charge is 0.244 e. The molecule has 26 heavy (non-hydrogen) atoms. The Morgan fingerprint density at radius 1 is 1.23 bits per heavy atom. The minimum Gasteiger partial charge on any atom is -0.497 e. The van der Waals surface area contributed by atoms with Crippen LogP contribution in [0.5, 0.6) is 17.2 Å². The molecule has 0 spiro atoms. The molecule has 0 fully saturated rings. The van der Waals surface area contributed by atoms with Crippen molar-refractivity contribution in [2.45, 2.75) is 12.5 Å². The van der Waals surface area contributed by atoms with Crippen molar-refractivity contribution in [3.05, 3.63) is 58.6 Å². The van der Waals surface area contributed by atoms with Crippen molar-refractivity contribution in [2.24, 2.45) is 0 Å². The van der Waals surface area contributed by atoms with Gasteiger partial charge in [0.05, 0.1) is 26.9 Å². The fourth-order valence-electron chi connectivity index (χ4n) is 2.87. The first-order valence-corrected chi connectivity index (χ1v) is 8.61. The molecule has 136 valence electrons. The number of nitrogens with one attached hydrogen (secondary N) is 1. The number of ether oxygens (including phenoxy) is 3. The second-order valence-electron chi connectivity index (χ2n) is 5.82. The molecule has 2 aromatic carbocycles. The van der Waals surface area contributed by atoms with Gasteiger partial charge in [0.25, 0.3) is 0 Å². The number of hydrogen-bond acceptors (Lipinski definition) is 4. The number of halogens is 1. The standard InChI is InChI=1S/C20H20ClNO4/c1-24-15-5-7-18(25-2)13(11-15)3-8-20(23)22-17-9-10-26-19-6-4-14(21)12-16(17)19/h3-8,11-12,17H,9-10H2,1-2H3,(H,22,23)/b8-3+. The van der Waals surface area contributed by atoms with Crippen LogP contribution < -0.4 is 19.5 Å². The summed E-state index contributed by atoms with van der Waals surface area (Å²) in [5, 5.41) is 3.62. The van der Waals surface area contributed by atoms with Crippen LogP contribution in [0.1, 0.15) is 23.6 Å². The highest BCUT2D eigenvalue weighted by Crippen LogP contribution is 2.34. The molecular weight excluding hydrogens is 354 g/mol. The number of amides is 1. The molecule has 1 aliphatic heterocycles. The van der Waals surface area contributed by atoms with Crippen LogP contribution in [-0.2, 0) is 4.79 Å². The van der Waals surface area contributed by atoms with E-state index in [2.05, 4.69) is 5.32 Å². The van der Waals surface area contributed by atoms with E-state index in [-0.39, 0.29) is 11.9 Å². The maximum absolute atomic E-state index is 12.4. The van der Waals surface area contributed by atoms with E-state index in [1.54, 1.807) is 38.5 Å². The quantitative estimate of drug-likeness (QED) is 0.804. The molecule has 0 saturated carbocycles. The van der Waals surface area contributed by atoms with E-state index in [0.29, 0.717) is 29.5 Å². The molecular formula is C20H20ClNO4. The lowest BCUT2D eigenvalue weighted by atomic mass is 10.0. The summed E-state index contributed by atoms with van der Waals surface area (Å²) in [5.41, 5.74) is 1.65. The summed E-state index contributed by atoms with van der Waals surface area (Å²) in [6.07, 6.45) is 3.88. The molecule has 0 bridgehead atoms. The third-order valence-electron chi connectivity index (χ3n) is 4.18. The van der Waals surface area contributed by atoms with Crippen LogP contribution in [0, 0.1) is 0 Å². The minimum absolute atomic E-state index is 0.137. The van der Waals surface area contributed by atoms with Gasteiger partial charge in [-0.3, -0.25) is 4.79 Å². The van der Waals surface area contributed by atoms with Gasteiger partial charge in [0, 0.05) is 28.6 Å². The third-order valence-corrected chi connectivity index (χ3v) is 4.41. The molecule has 1 unspecified atom stereocenters. The van der Waals surface area contributed by atoms with Gasteiger partial charge in [-0.1, -0.05) is 11.6 Å². The second-order valence-corrected chi connectivity index (χ2v) is 6.26. The summed E-state index contributed by atoms with van der Waals surface area (Å²) in [7, 11) is 3.18. The summed E-state index contributed by atoms with van der Waals surface area (Å²) in [6.45, 7) is 0.549. The fraction of sp³-hybridized carbons (Fsp3) is 0.250. The Labute approximate surface area is 157 Å². The van der Waals surface area contributed by atoms with Gasteiger partial charge in [-0.25, -0.2) is 0 Å². The molecule has 0 aromatic heterocycles. The Hall–Kier alpha value is -2.66. The Kier molecular flexibility index (Phi) is 5.68. The monoisotopic (exact) mass is 373 g/mol. The average molecular weight is 374 g/mol. The third kappa shape index (κ3) is 4.11. The molecule has 1 amide bonds. The van der Waals surface area contributed by atoms with Crippen LogP contribution in [-0.4, -0.2) is 26.7 Å². The highest BCUT2D eigenvalue weighted by atomic mass is 35.5. The zero-order valence-electron chi connectivity index (χ0n) is 14.6. The van der Waals surface area contributed by atoms with Gasteiger partial charge >= 0.3 is 0 Å². The SMILES string of the molecule is COc1ccc(OC)c(/C=C/C(=O)NC2CCOc3ccc(Cl)cc32)c1. The van der Waals surface area contributed by atoms with Crippen LogP contribution in [0.25, 0.3) is 6.08 Å². The number of carbonyl (C=O) groups excluding carboxylic acids is 1. The maximum Gasteiger partial charge on any atom is 0.244 e. The molecule has 1 heterocycles. The van der Waals surface area contributed by atoms with Gasteiger partial charge in [0.15, 0.2) is 0 Å². The summed E-state index contributed by atoms with van der Waals surface area (Å²) < 4.78 is 16.2. The predicted molar refractivity (Wildman–Crippen MR) is 101 cm³/mol. The van der Waals surface area contributed by atoms with Gasteiger partial charge in [0.1, 0.15) is 17.2 Å².